The molecule has 2 N–H and O–H groups in total. The summed E-state index contributed by atoms with van der Waals surface area (Å²) in [5.41, 5.74) is 4.86. The highest BCUT2D eigenvalue weighted by Crippen LogP contribution is 2.25. The van der Waals surface area contributed by atoms with Gasteiger partial charge in [0.15, 0.2) is 0 Å². The SMILES string of the molecule is CC(C)c1nn(C)c(Cl)c1CNCC(O)CN1CCc2ccccc2C1. The Hall–Kier alpha value is -1.40. The number of nitrogens with one attached hydrogen (secondary N) is 1. The molecule has 142 valence electrons. The highest BCUT2D eigenvalue weighted by atomic mass is 35.5. The van der Waals surface area contributed by atoms with Crippen molar-refractivity contribution in [1.29, 1.82) is 0 Å². The van der Waals surface area contributed by atoms with Crippen LogP contribution < -0.4 is 5.32 Å². The number of aryl methyl sites for hydroxylation is 1. The average molecular weight is 377 g/mol. The minimum atomic E-state index is -0.404. The van der Waals surface area contributed by atoms with Gasteiger partial charge in [-0.1, -0.05) is 49.7 Å². The fourth-order valence-electron chi connectivity index (χ4n) is 3.63. The van der Waals surface area contributed by atoms with Gasteiger partial charge < -0.3 is 10.4 Å². The van der Waals surface area contributed by atoms with E-state index in [0.717, 1.165) is 30.8 Å². The number of nitrogens with zero attached hydrogens (tertiary/aromatic N) is 3. The number of hydrogen-bond acceptors (Lipinski definition) is 4. The van der Waals surface area contributed by atoms with Crippen LogP contribution in [0.2, 0.25) is 5.15 Å². The number of aromatic nitrogens is 2. The number of fused-ring (bicyclic) bond motifs is 1. The number of aliphatic hydroxyl groups is 1. The summed E-state index contributed by atoms with van der Waals surface area (Å²) in [6.45, 7) is 8.00. The van der Waals surface area contributed by atoms with Gasteiger partial charge in [-0.05, 0) is 23.5 Å². The van der Waals surface area contributed by atoms with Crippen molar-refractivity contribution in [2.75, 3.05) is 19.6 Å². The summed E-state index contributed by atoms with van der Waals surface area (Å²) in [6.07, 6.45) is 0.650. The number of hydrogen-bond donors (Lipinski definition) is 2. The maximum atomic E-state index is 10.4. The minimum absolute atomic E-state index is 0.323. The summed E-state index contributed by atoms with van der Waals surface area (Å²) in [6, 6.07) is 8.57. The Morgan fingerprint density at radius 2 is 2.00 bits per heavy atom. The molecule has 1 unspecified atom stereocenters. The number of β-amino-alcohol motifs (C(OH)–C–C–N with tert-alkyl or cyclic N) is 1. The monoisotopic (exact) mass is 376 g/mol. The normalized spacial score (nSPS) is 16.1. The Labute approximate surface area is 161 Å². The summed E-state index contributed by atoms with van der Waals surface area (Å²) in [5.74, 6) is 0.323. The van der Waals surface area contributed by atoms with Gasteiger partial charge in [0, 0.05) is 45.3 Å². The summed E-state index contributed by atoms with van der Waals surface area (Å²) in [4.78, 5) is 2.32. The number of aliphatic hydroxyl groups excluding tert-OH is 1. The molecule has 0 bridgehead atoms. The van der Waals surface area contributed by atoms with E-state index in [1.807, 2.05) is 7.05 Å². The number of halogens is 1. The van der Waals surface area contributed by atoms with Crippen molar-refractivity contribution in [3.63, 3.8) is 0 Å². The Balaban J connectivity index is 1.49. The van der Waals surface area contributed by atoms with Crippen LogP contribution in [0.15, 0.2) is 24.3 Å². The maximum absolute atomic E-state index is 10.4. The van der Waals surface area contributed by atoms with Crippen molar-refractivity contribution >= 4 is 11.6 Å². The van der Waals surface area contributed by atoms with Gasteiger partial charge in [0.25, 0.3) is 0 Å². The lowest BCUT2D eigenvalue weighted by atomic mass is 10.00. The summed E-state index contributed by atoms with van der Waals surface area (Å²) in [7, 11) is 1.86. The van der Waals surface area contributed by atoms with Gasteiger partial charge in [-0.15, -0.1) is 0 Å². The lowest BCUT2D eigenvalue weighted by Crippen LogP contribution is -2.40. The molecule has 0 amide bonds. The van der Waals surface area contributed by atoms with Crippen LogP contribution in [0.3, 0.4) is 0 Å². The zero-order valence-corrected chi connectivity index (χ0v) is 16.6. The van der Waals surface area contributed by atoms with Crippen LogP contribution in [0.1, 0.15) is 42.1 Å². The van der Waals surface area contributed by atoms with E-state index in [1.165, 1.54) is 11.1 Å². The van der Waals surface area contributed by atoms with E-state index >= 15 is 0 Å². The van der Waals surface area contributed by atoms with Crippen LogP contribution in [0.4, 0.5) is 0 Å². The molecular formula is C20H29ClN4O. The molecule has 2 heterocycles. The topological polar surface area (TPSA) is 53.3 Å². The second-order valence-electron chi connectivity index (χ2n) is 7.47. The molecule has 0 fully saturated rings. The van der Waals surface area contributed by atoms with E-state index in [2.05, 4.69) is 53.4 Å². The number of benzene rings is 1. The zero-order chi connectivity index (χ0) is 18.7. The molecular weight excluding hydrogens is 348 g/mol. The van der Waals surface area contributed by atoms with Gasteiger partial charge in [-0.25, -0.2) is 0 Å². The predicted molar refractivity (Wildman–Crippen MR) is 105 cm³/mol. The molecule has 0 spiro atoms. The highest BCUT2D eigenvalue weighted by Gasteiger charge is 2.20. The number of rotatable bonds is 7. The molecule has 1 atom stereocenters. The molecule has 0 saturated heterocycles. The summed E-state index contributed by atoms with van der Waals surface area (Å²) < 4.78 is 1.72. The lowest BCUT2D eigenvalue weighted by molar-refractivity contribution is 0.104. The molecule has 0 radical (unpaired) electrons. The molecule has 0 saturated carbocycles. The van der Waals surface area contributed by atoms with Crippen molar-refractivity contribution in [2.45, 2.75) is 45.4 Å². The average Bonchev–Trinajstić information content (AvgIpc) is 2.90. The Morgan fingerprint density at radius 3 is 2.73 bits per heavy atom. The molecule has 1 aromatic carbocycles. The Bertz CT molecular complexity index is 743. The van der Waals surface area contributed by atoms with E-state index in [4.69, 9.17) is 11.6 Å². The van der Waals surface area contributed by atoms with Crippen molar-refractivity contribution in [3.05, 3.63) is 51.8 Å². The van der Waals surface area contributed by atoms with Gasteiger partial charge >= 0.3 is 0 Å². The Kier molecular flexibility index (Phi) is 6.35. The van der Waals surface area contributed by atoms with Crippen molar-refractivity contribution in [3.8, 4) is 0 Å². The summed E-state index contributed by atoms with van der Waals surface area (Å²) in [5, 5.41) is 18.9. The van der Waals surface area contributed by atoms with Gasteiger partial charge in [0.2, 0.25) is 0 Å². The second-order valence-corrected chi connectivity index (χ2v) is 7.83. The zero-order valence-electron chi connectivity index (χ0n) is 15.9. The third kappa shape index (κ3) is 4.46. The maximum Gasteiger partial charge on any atom is 0.131 e. The largest absolute Gasteiger partial charge is 0.390 e. The molecule has 2 aromatic rings. The first-order valence-corrected chi connectivity index (χ1v) is 9.72. The van der Waals surface area contributed by atoms with Crippen molar-refractivity contribution in [1.82, 2.24) is 20.0 Å². The third-order valence-corrected chi connectivity index (χ3v) is 5.48. The quantitative estimate of drug-likeness (QED) is 0.780. The van der Waals surface area contributed by atoms with Crippen LogP contribution in [-0.4, -0.2) is 45.5 Å². The molecule has 3 rings (SSSR count). The van der Waals surface area contributed by atoms with Crippen molar-refractivity contribution in [2.24, 2.45) is 7.05 Å². The first kappa shape index (κ1) is 19.4. The minimum Gasteiger partial charge on any atom is -0.390 e. The fraction of sp³-hybridized carbons (Fsp3) is 0.550. The van der Waals surface area contributed by atoms with Gasteiger partial charge in [0.05, 0.1) is 11.8 Å². The van der Waals surface area contributed by atoms with Gasteiger partial charge in [-0.2, -0.15) is 5.10 Å². The molecule has 6 heteroatoms. The second kappa shape index (κ2) is 8.53. The van der Waals surface area contributed by atoms with E-state index in [-0.39, 0.29) is 0 Å². The first-order valence-electron chi connectivity index (χ1n) is 9.35. The van der Waals surface area contributed by atoms with E-state index in [1.54, 1.807) is 4.68 Å². The van der Waals surface area contributed by atoms with E-state index in [9.17, 15) is 5.11 Å². The van der Waals surface area contributed by atoms with E-state index in [0.29, 0.717) is 30.7 Å². The molecule has 1 aliphatic rings. The molecule has 1 aromatic heterocycles. The van der Waals surface area contributed by atoms with Gasteiger partial charge in [-0.3, -0.25) is 9.58 Å². The third-order valence-electron chi connectivity index (χ3n) is 5.01. The fourth-order valence-corrected chi connectivity index (χ4v) is 3.83. The highest BCUT2D eigenvalue weighted by molar-refractivity contribution is 6.30. The van der Waals surface area contributed by atoms with Crippen LogP contribution >= 0.6 is 11.6 Å². The van der Waals surface area contributed by atoms with E-state index < -0.39 is 6.10 Å². The molecule has 0 aliphatic carbocycles. The molecule has 26 heavy (non-hydrogen) atoms. The molecule has 1 aliphatic heterocycles. The van der Waals surface area contributed by atoms with Crippen LogP contribution in [0.25, 0.3) is 0 Å². The van der Waals surface area contributed by atoms with Gasteiger partial charge in [0.1, 0.15) is 5.15 Å². The van der Waals surface area contributed by atoms with Crippen LogP contribution in [0.5, 0.6) is 0 Å². The standard InChI is InChI=1S/C20H29ClN4O/c1-14(2)19-18(20(21)24(3)23-19)11-22-10-17(26)13-25-9-8-15-6-4-5-7-16(15)12-25/h4-7,14,17,22,26H,8-13H2,1-3H3. The van der Waals surface area contributed by atoms with Crippen molar-refractivity contribution < 1.29 is 5.11 Å². The predicted octanol–water partition coefficient (Wildman–Crippen LogP) is 2.71. The first-order chi connectivity index (χ1) is 12.5. The Morgan fingerprint density at radius 1 is 1.27 bits per heavy atom. The smallest absolute Gasteiger partial charge is 0.131 e. The molecule has 5 nitrogen and oxygen atoms in total. The van der Waals surface area contributed by atoms with Crippen LogP contribution in [0, 0.1) is 0 Å². The summed E-state index contributed by atoms with van der Waals surface area (Å²) >= 11 is 6.37. The lowest BCUT2D eigenvalue weighted by Gasteiger charge is -2.30. The van der Waals surface area contributed by atoms with Crippen LogP contribution in [-0.2, 0) is 26.6 Å².